The van der Waals surface area contributed by atoms with Gasteiger partial charge in [0, 0.05) is 78.5 Å². The predicted molar refractivity (Wildman–Crippen MR) is 563 cm³/mol. The van der Waals surface area contributed by atoms with Crippen LogP contribution in [0.2, 0.25) is 5.02 Å². The average molecular weight is 2130 g/mol. The van der Waals surface area contributed by atoms with Gasteiger partial charge in [-0.05, 0) is 310 Å². The zero-order valence-corrected chi connectivity index (χ0v) is 85.2. The lowest BCUT2D eigenvalue weighted by Gasteiger charge is -2.20. The first-order valence-corrected chi connectivity index (χ1v) is 54.5. The highest BCUT2D eigenvalue weighted by molar-refractivity contribution is 7.99. The Morgan fingerprint density at radius 1 is 0.395 bits per heavy atom. The Balaban J connectivity index is 0.000000184. The quantitative estimate of drug-likeness (QED) is 0.0153. The summed E-state index contributed by atoms with van der Waals surface area (Å²) in [6.07, 6.45) is 27.1. The molecule has 0 fully saturated rings. The zero-order chi connectivity index (χ0) is 105. The molecule has 15 rings (SSSR count). The molecule has 4 heterocycles. The van der Waals surface area contributed by atoms with Gasteiger partial charge in [0.2, 0.25) is 10.0 Å². The van der Waals surface area contributed by atoms with Crippen LogP contribution in [0.1, 0.15) is 101 Å². The van der Waals surface area contributed by atoms with E-state index in [1.54, 1.807) is 183 Å². The Hall–Kier alpha value is -14.9. The number of carbonyl (C=O) groups excluding carboxylic acids is 6. The number of halogens is 7. The lowest BCUT2D eigenvalue weighted by molar-refractivity contribution is -0.122. The monoisotopic (exact) mass is 2130 g/mol. The molecule has 0 spiro atoms. The number of hydrogen-bond acceptors (Lipinski definition) is 20. The van der Waals surface area contributed by atoms with E-state index in [9.17, 15) is 80.4 Å². The first-order chi connectivity index (χ1) is 70.6. The molecule has 39 heteroatoms. The molecule has 4 aromatic heterocycles. The van der Waals surface area contributed by atoms with Crippen molar-refractivity contribution < 1.29 is 84.9 Å². The maximum Gasteiger partial charge on any atom is 0.269 e. The van der Waals surface area contributed by atoms with Gasteiger partial charge in [-0.1, -0.05) is 138 Å². The molecule has 0 aliphatic carbocycles. The Bertz CT molecular complexity index is 7560. The maximum atomic E-state index is 13.9. The van der Waals surface area contributed by atoms with Gasteiger partial charge in [0.25, 0.3) is 55.5 Å². The van der Waals surface area contributed by atoms with Gasteiger partial charge in [0.05, 0.1) is 29.6 Å². The summed E-state index contributed by atoms with van der Waals surface area (Å²) in [7, 11) is -12.6. The van der Waals surface area contributed by atoms with E-state index in [2.05, 4.69) is 50.2 Å². The number of allylic oxidation sites excluding steroid dienone is 3. The highest BCUT2D eigenvalue weighted by atomic mass is 35.5. The number of aryl methyl sites for hydroxylation is 2. The minimum Gasteiger partial charge on any atom is -0.360 e. The molecular weight excluding hydrogens is 2030 g/mol. The van der Waals surface area contributed by atoms with Crippen LogP contribution in [-0.4, -0.2) is 149 Å². The van der Waals surface area contributed by atoms with Crippen LogP contribution in [0.15, 0.2) is 325 Å². The fourth-order valence-electron chi connectivity index (χ4n) is 15.4. The van der Waals surface area contributed by atoms with Gasteiger partial charge in [-0.15, -0.1) is 0 Å². The normalized spacial score (nSPS) is 12.4. The van der Waals surface area contributed by atoms with E-state index in [0.717, 1.165) is 33.4 Å². The van der Waals surface area contributed by atoms with Gasteiger partial charge in [-0.25, -0.2) is 76.0 Å². The van der Waals surface area contributed by atoms with Gasteiger partial charge >= 0.3 is 0 Å². The van der Waals surface area contributed by atoms with E-state index in [0.29, 0.717) is 97.5 Å². The van der Waals surface area contributed by atoms with Crippen LogP contribution < -0.4 is 30.1 Å². The molecular formula is C108H98ClF6N13O13S6. The van der Waals surface area contributed by atoms with E-state index in [-0.39, 0.29) is 74.6 Å². The SMILES string of the molecule is CSCC[C@H](NC(=O)c1ccc(/C=C(/Cn2ccnc2)c2ccc(F)cc2)cc1-c1ccc(F)cc1)C(=O)NS(=O)(=O)Cc1ccccc1.CSCC[C@H](NC(=O)c1ccc(/C=C(/Cn2ccnc2)c2ccc(F)cc2)cc1-c1ccc(F)cc1)C(=O)NS(=O)(=O)c1c(C)noc1C.CSCC[C@H](NC(=O)c1ccc(/C=C(/Cn2ccnc2)c2ccc(F)cc2)cc1-c1ccc(F)cc1)C(=O)NS(=O)(=O)c1ccc(Cl)cc1. The second kappa shape index (κ2) is 51.7. The van der Waals surface area contributed by atoms with E-state index in [1.807, 2.05) is 56.9 Å². The summed E-state index contributed by atoms with van der Waals surface area (Å²) in [5.74, 6) is -5.99. The summed E-state index contributed by atoms with van der Waals surface area (Å²) in [4.78, 5) is 93.5. The van der Waals surface area contributed by atoms with Crippen molar-refractivity contribution in [3.63, 3.8) is 0 Å². The first kappa shape index (κ1) is 109. The molecule has 6 amide bonds. The summed E-state index contributed by atoms with van der Waals surface area (Å²) in [5, 5.41) is 12.1. The van der Waals surface area contributed by atoms with Crippen molar-refractivity contribution in [2.24, 2.45) is 0 Å². The number of carbonyl (C=O) groups is 6. The van der Waals surface area contributed by atoms with Gasteiger partial charge in [-0.3, -0.25) is 33.5 Å². The van der Waals surface area contributed by atoms with Crippen molar-refractivity contribution in [1.29, 1.82) is 0 Å². The molecule has 15 aromatic rings. The smallest absolute Gasteiger partial charge is 0.269 e. The topological polar surface area (TPSA) is 357 Å². The largest absolute Gasteiger partial charge is 0.360 e. The second-order valence-electron chi connectivity index (χ2n) is 33.4. The summed E-state index contributed by atoms with van der Waals surface area (Å²) in [5.41, 5.74) is 11.1. The third-order valence-corrected chi connectivity index (χ3v) is 29.1. The third kappa shape index (κ3) is 31.3. The number of benzene rings is 11. The van der Waals surface area contributed by atoms with Crippen LogP contribution >= 0.6 is 46.9 Å². The van der Waals surface area contributed by atoms with E-state index >= 15 is 0 Å². The molecule has 758 valence electrons. The maximum absolute atomic E-state index is 13.9. The average Bonchev–Trinajstić information content (AvgIpc) is 1.30. The number of imidazole rings is 3. The summed E-state index contributed by atoms with van der Waals surface area (Å²) < 4.78 is 178. The van der Waals surface area contributed by atoms with Crippen LogP contribution in [-0.2, 0) is 69.8 Å². The zero-order valence-electron chi connectivity index (χ0n) is 79.5. The van der Waals surface area contributed by atoms with Crippen LogP contribution in [0.5, 0.6) is 0 Å². The molecule has 26 nitrogen and oxygen atoms in total. The van der Waals surface area contributed by atoms with Gasteiger partial charge in [0.15, 0.2) is 10.7 Å². The highest BCUT2D eigenvalue weighted by Gasteiger charge is 2.34. The Kier molecular flexibility index (Phi) is 38.5. The standard InChI is InChI=1S/C37H34F2N4O4S2.C36H31ClF2N4O4S2.C35H33F2N5O5S2/c1-48-20-17-35(37(45)42-49(46,47)24-26-5-3-2-4-6-26)41-36(44)33-16-7-27(22-34(33)29-10-14-32(39)15-11-29)21-30(23-43-19-18-40-25-43)28-8-12-31(38)13-9-28;1-48-19-16-34(36(45)42-49(46,47)31-13-7-28(37)8-14-31)41-35(44)32-15-2-24(21-33(32)26-5-11-30(39)12-6-26)20-27(22-43-18-17-40-23-43)25-3-9-29(38)10-4-25;1-22-33(23(2)47-40-22)49(45,46)41-35(44)32(14-17-48-3)39-34(43)30-13-4-24(19-31(30)26-7-11-29(37)12-8-26)18-27(20-42-16-15-38-21-42)25-5-9-28(36)10-6-25/h2-16,18-19,21-22,25,35H,17,20,23-24H2,1H3,(H,41,44)(H,42,45);2-15,17-18,20-21,23,34H,16,19,22H2,1H3,(H,41,44)(H,42,45);4-13,15-16,18-19,21,32H,14,17,20H2,1-3H3,(H,39,43)(H,41,44)/b30-21-;27-20-;27-18-/t35-;34-;32-/m000/s1. The van der Waals surface area contributed by atoms with Crippen molar-refractivity contribution in [2.45, 2.75) is 86.4 Å². The van der Waals surface area contributed by atoms with Gasteiger partial charge in [0.1, 0.15) is 58.7 Å². The molecule has 0 aliphatic rings. The van der Waals surface area contributed by atoms with Crippen molar-refractivity contribution >= 4 is 147 Å². The number of nitrogens with one attached hydrogen (secondary N) is 6. The van der Waals surface area contributed by atoms with Crippen molar-refractivity contribution in [3.05, 3.63) is 418 Å². The summed E-state index contributed by atoms with van der Waals surface area (Å²) in [6.45, 7) is 4.13. The Morgan fingerprint density at radius 3 is 1.01 bits per heavy atom. The second-order valence-corrected chi connectivity index (χ2v) is 41.8. The van der Waals surface area contributed by atoms with E-state index in [4.69, 9.17) is 16.1 Å². The number of aromatic nitrogens is 7. The third-order valence-electron chi connectivity index (χ3n) is 22.7. The van der Waals surface area contributed by atoms with Gasteiger partial charge < -0.3 is 34.2 Å². The minimum absolute atomic E-state index is 0.0215. The van der Waals surface area contributed by atoms with Gasteiger partial charge in [-0.2, -0.15) is 35.3 Å². The molecule has 3 atom stereocenters. The van der Waals surface area contributed by atoms with Crippen LogP contribution in [0.25, 0.3) is 68.3 Å². The lowest BCUT2D eigenvalue weighted by atomic mass is 9.94. The summed E-state index contributed by atoms with van der Waals surface area (Å²) in [6, 6.07) is 60.8. The molecule has 0 saturated carbocycles. The highest BCUT2D eigenvalue weighted by Crippen LogP contribution is 2.35. The number of rotatable bonds is 40. The Labute approximate surface area is 863 Å². The number of sulfonamides is 3. The van der Waals surface area contributed by atoms with Crippen molar-refractivity contribution in [2.75, 3.05) is 36.0 Å². The Morgan fingerprint density at radius 2 is 0.707 bits per heavy atom. The fraction of sp³-hybridized carbons (Fsp3) is 0.167. The number of nitrogens with zero attached hydrogens (tertiary/aromatic N) is 7. The fourth-order valence-corrected chi connectivity index (χ4v) is 20.5. The molecule has 0 aliphatic heterocycles. The summed E-state index contributed by atoms with van der Waals surface area (Å²) >= 11 is 10.2. The van der Waals surface area contributed by atoms with E-state index in [1.165, 1.54) is 170 Å². The van der Waals surface area contributed by atoms with E-state index < -0.39 is 107 Å². The van der Waals surface area contributed by atoms with Crippen molar-refractivity contribution in [1.82, 2.24) is 63.9 Å². The van der Waals surface area contributed by atoms with Crippen molar-refractivity contribution in [3.8, 4) is 33.4 Å². The minimum atomic E-state index is -4.35. The molecule has 0 unspecified atom stereocenters. The molecule has 6 N–H and O–H groups in total. The first-order valence-electron chi connectivity index (χ1n) is 45.3. The number of amides is 6. The molecule has 0 saturated heterocycles. The van der Waals surface area contributed by atoms with Crippen LogP contribution in [0, 0.1) is 48.8 Å². The number of thioether (sulfide) groups is 3. The number of hydrogen-bond donors (Lipinski definition) is 6. The van der Waals surface area contributed by atoms with Crippen LogP contribution in [0.4, 0.5) is 26.3 Å². The predicted octanol–water partition coefficient (Wildman–Crippen LogP) is 19.7. The molecule has 0 radical (unpaired) electrons. The lowest BCUT2D eigenvalue weighted by Crippen LogP contribution is -2.49. The molecule has 147 heavy (non-hydrogen) atoms. The molecule has 11 aromatic carbocycles. The van der Waals surface area contributed by atoms with Crippen LogP contribution in [0.3, 0.4) is 0 Å². The molecule has 0 bridgehead atoms.